The van der Waals surface area contributed by atoms with Crippen LogP contribution in [0.2, 0.25) is 0 Å². The third-order valence-electron chi connectivity index (χ3n) is 6.61. The second-order valence-corrected chi connectivity index (χ2v) is 8.17. The van der Waals surface area contributed by atoms with Gasteiger partial charge in [0.05, 0.1) is 12.2 Å². The molecule has 4 rings (SSSR count). The Morgan fingerprint density at radius 3 is 2.54 bits per heavy atom. The summed E-state index contributed by atoms with van der Waals surface area (Å²) in [5, 5.41) is 12.4. The molecule has 2 saturated heterocycles. The van der Waals surface area contributed by atoms with Crippen molar-refractivity contribution < 1.29 is 14.6 Å². The number of aromatic hydroxyl groups is 1. The van der Waals surface area contributed by atoms with Crippen LogP contribution in [0.4, 0.5) is 0 Å². The van der Waals surface area contributed by atoms with E-state index in [2.05, 4.69) is 4.90 Å². The zero-order chi connectivity index (χ0) is 19.6. The third-order valence-corrected chi connectivity index (χ3v) is 6.61. The van der Waals surface area contributed by atoms with Crippen molar-refractivity contribution in [2.24, 2.45) is 0 Å². The van der Waals surface area contributed by atoms with Gasteiger partial charge in [0, 0.05) is 32.3 Å². The topological polar surface area (TPSA) is 53.0 Å². The average Bonchev–Trinajstić information content (AvgIpc) is 2.96. The Kier molecular flexibility index (Phi) is 5.56. The van der Waals surface area contributed by atoms with E-state index in [1.54, 1.807) is 13.2 Å². The molecule has 0 unspecified atom stereocenters. The van der Waals surface area contributed by atoms with Crippen LogP contribution >= 0.6 is 0 Å². The van der Waals surface area contributed by atoms with Gasteiger partial charge in [-0.05, 0) is 61.6 Å². The number of hydrogen-bond acceptors (Lipinski definition) is 4. The van der Waals surface area contributed by atoms with Gasteiger partial charge in [0.25, 0.3) is 5.91 Å². The van der Waals surface area contributed by atoms with Crippen LogP contribution in [0.1, 0.15) is 42.5 Å². The molecule has 2 heterocycles. The van der Waals surface area contributed by atoms with E-state index in [1.807, 2.05) is 35.2 Å². The second-order valence-electron chi connectivity index (χ2n) is 8.17. The first kappa shape index (κ1) is 19.2. The van der Waals surface area contributed by atoms with Gasteiger partial charge in [-0.3, -0.25) is 9.69 Å². The molecule has 2 aliphatic heterocycles. The van der Waals surface area contributed by atoms with Crippen molar-refractivity contribution in [1.82, 2.24) is 9.80 Å². The maximum absolute atomic E-state index is 13.2. The molecule has 0 aliphatic carbocycles. The fourth-order valence-corrected chi connectivity index (χ4v) is 5.06. The third kappa shape index (κ3) is 3.61. The van der Waals surface area contributed by atoms with E-state index in [0.717, 1.165) is 62.8 Å². The van der Waals surface area contributed by atoms with Gasteiger partial charge >= 0.3 is 0 Å². The Morgan fingerprint density at radius 2 is 1.79 bits per heavy atom. The van der Waals surface area contributed by atoms with Gasteiger partial charge < -0.3 is 14.7 Å². The van der Waals surface area contributed by atoms with Gasteiger partial charge in [-0.15, -0.1) is 0 Å². The maximum atomic E-state index is 13.2. The molecule has 1 N–H and O–H groups in total. The maximum Gasteiger partial charge on any atom is 0.257 e. The first-order valence-electron chi connectivity index (χ1n) is 10.4. The van der Waals surface area contributed by atoms with Crippen LogP contribution in [0.15, 0.2) is 36.4 Å². The Bertz CT molecular complexity index is 853. The molecule has 1 amide bonds. The molecule has 1 spiro atoms. The molecule has 2 fully saturated rings. The first-order chi connectivity index (χ1) is 13.6. The molecule has 0 saturated carbocycles. The number of phenols is 1. The normalized spacial score (nSPS) is 23.4. The Hall–Kier alpha value is -2.11. The summed E-state index contributed by atoms with van der Waals surface area (Å²) in [6.07, 6.45) is 5.56. The van der Waals surface area contributed by atoms with Crippen LogP contribution < -0.4 is 0 Å². The smallest absolute Gasteiger partial charge is 0.257 e. The van der Waals surface area contributed by atoms with Crippen molar-refractivity contribution in [3.8, 4) is 5.75 Å². The van der Waals surface area contributed by atoms with Crippen molar-refractivity contribution in [2.75, 3.05) is 39.9 Å². The molecule has 28 heavy (non-hydrogen) atoms. The van der Waals surface area contributed by atoms with E-state index >= 15 is 0 Å². The Balaban J connectivity index is 1.51. The SMILES string of the molecule is COCCN1CCC[C@]12CCCN(C(=O)c1cc3ccccc3cc1O)CC2. The lowest BCUT2D eigenvalue weighted by Crippen LogP contribution is -2.46. The van der Waals surface area contributed by atoms with E-state index in [0.29, 0.717) is 5.56 Å². The zero-order valence-electron chi connectivity index (χ0n) is 16.7. The number of hydrogen-bond donors (Lipinski definition) is 1. The predicted octanol–water partition coefficient (Wildman–Crippen LogP) is 3.65. The molecular weight excluding hydrogens is 352 g/mol. The summed E-state index contributed by atoms with van der Waals surface area (Å²) in [5.41, 5.74) is 0.622. The molecule has 5 nitrogen and oxygen atoms in total. The van der Waals surface area contributed by atoms with E-state index in [1.165, 1.54) is 12.8 Å². The Morgan fingerprint density at radius 1 is 1.07 bits per heavy atom. The van der Waals surface area contributed by atoms with Crippen molar-refractivity contribution >= 4 is 16.7 Å². The number of nitrogens with zero attached hydrogens (tertiary/aromatic N) is 2. The minimum Gasteiger partial charge on any atom is -0.507 e. The number of phenolic OH excluding ortho intramolecular Hbond substituents is 1. The van der Waals surface area contributed by atoms with E-state index in [9.17, 15) is 9.90 Å². The van der Waals surface area contributed by atoms with E-state index < -0.39 is 0 Å². The van der Waals surface area contributed by atoms with Gasteiger partial charge in [-0.1, -0.05) is 24.3 Å². The number of carbonyl (C=O) groups is 1. The highest BCUT2D eigenvalue weighted by atomic mass is 16.5. The summed E-state index contributed by atoms with van der Waals surface area (Å²) < 4.78 is 5.30. The van der Waals surface area contributed by atoms with Gasteiger partial charge in [-0.2, -0.15) is 0 Å². The van der Waals surface area contributed by atoms with Crippen LogP contribution in [0, 0.1) is 0 Å². The van der Waals surface area contributed by atoms with Crippen LogP contribution in [0.25, 0.3) is 10.8 Å². The standard InChI is InChI=1S/C23H30N2O3/c1-28-15-14-25-12-5-9-23(25)8-4-11-24(13-10-23)22(27)20-16-18-6-2-3-7-19(18)17-21(20)26/h2-3,6-7,16-17,26H,4-5,8-15H2,1H3/t23-/m0/s1. The predicted molar refractivity (Wildman–Crippen MR) is 111 cm³/mol. The lowest BCUT2D eigenvalue weighted by atomic mass is 9.88. The summed E-state index contributed by atoms with van der Waals surface area (Å²) in [6.45, 7) is 4.35. The Labute approximate surface area is 166 Å². The van der Waals surface area contributed by atoms with Crippen LogP contribution in [0.3, 0.4) is 0 Å². The number of fused-ring (bicyclic) bond motifs is 1. The molecule has 1 atom stereocenters. The fourth-order valence-electron chi connectivity index (χ4n) is 5.06. The van der Waals surface area contributed by atoms with Gasteiger partial charge in [0.1, 0.15) is 5.75 Å². The number of methoxy groups -OCH3 is 1. The number of amides is 1. The van der Waals surface area contributed by atoms with Crippen LogP contribution in [-0.4, -0.2) is 66.2 Å². The quantitative estimate of drug-likeness (QED) is 0.877. The minimum absolute atomic E-state index is 0.0539. The van der Waals surface area contributed by atoms with Gasteiger partial charge in [0.2, 0.25) is 0 Å². The van der Waals surface area contributed by atoms with E-state index in [-0.39, 0.29) is 17.2 Å². The number of carbonyl (C=O) groups excluding carboxylic acids is 1. The average molecular weight is 383 g/mol. The van der Waals surface area contributed by atoms with E-state index in [4.69, 9.17) is 4.74 Å². The molecular formula is C23H30N2O3. The molecule has 2 aromatic carbocycles. The number of likely N-dealkylation sites (tertiary alicyclic amines) is 2. The number of benzene rings is 2. The summed E-state index contributed by atoms with van der Waals surface area (Å²) >= 11 is 0. The summed E-state index contributed by atoms with van der Waals surface area (Å²) in [7, 11) is 1.76. The van der Waals surface area contributed by atoms with Gasteiger partial charge in [0.15, 0.2) is 0 Å². The molecule has 2 aromatic rings. The largest absolute Gasteiger partial charge is 0.507 e. The van der Waals surface area contributed by atoms with Crippen molar-refractivity contribution in [3.63, 3.8) is 0 Å². The summed E-state index contributed by atoms with van der Waals surface area (Å²) in [5.74, 6) is 0.0204. The molecule has 0 aromatic heterocycles. The highest BCUT2D eigenvalue weighted by Crippen LogP contribution is 2.38. The number of ether oxygens (including phenoxy) is 1. The minimum atomic E-state index is -0.0539. The summed E-state index contributed by atoms with van der Waals surface area (Å²) in [4.78, 5) is 17.7. The lowest BCUT2D eigenvalue weighted by Gasteiger charge is -2.38. The fraction of sp³-hybridized carbons (Fsp3) is 0.522. The summed E-state index contributed by atoms with van der Waals surface area (Å²) in [6, 6.07) is 11.4. The monoisotopic (exact) mass is 382 g/mol. The molecule has 150 valence electrons. The second kappa shape index (κ2) is 8.10. The van der Waals surface area contributed by atoms with Gasteiger partial charge in [-0.25, -0.2) is 0 Å². The lowest BCUT2D eigenvalue weighted by molar-refractivity contribution is 0.0695. The van der Waals surface area contributed by atoms with Crippen LogP contribution in [-0.2, 0) is 4.74 Å². The molecule has 0 radical (unpaired) electrons. The molecule has 0 bridgehead atoms. The number of rotatable bonds is 4. The zero-order valence-corrected chi connectivity index (χ0v) is 16.7. The van der Waals surface area contributed by atoms with Crippen molar-refractivity contribution in [1.29, 1.82) is 0 Å². The molecule has 5 heteroatoms. The first-order valence-corrected chi connectivity index (χ1v) is 10.4. The van der Waals surface area contributed by atoms with Crippen molar-refractivity contribution in [2.45, 2.75) is 37.6 Å². The van der Waals surface area contributed by atoms with Crippen LogP contribution in [0.5, 0.6) is 5.75 Å². The highest BCUT2D eigenvalue weighted by Gasteiger charge is 2.41. The highest BCUT2D eigenvalue weighted by molar-refractivity contribution is 6.01. The van der Waals surface area contributed by atoms with Crippen molar-refractivity contribution in [3.05, 3.63) is 42.0 Å². The molecule has 2 aliphatic rings.